The van der Waals surface area contributed by atoms with E-state index in [4.69, 9.17) is 4.74 Å². The first-order valence-corrected chi connectivity index (χ1v) is 7.33. The molecule has 0 aliphatic carbocycles. The van der Waals surface area contributed by atoms with Crippen LogP contribution in [0.25, 0.3) is 0 Å². The van der Waals surface area contributed by atoms with Gasteiger partial charge in [-0.3, -0.25) is 4.98 Å². The van der Waals surface area contributed by atoms with Crippen molar-refractivity contribution in [3.05, 3.63) is 24.0 Å². The zero-order valence-electron chi connectivity index (χ0n) is 11.8. The van der Waals surface area contributed by atoms with E-state index < -0.39 is 5.60 Å². The zero-order chi connectivity index (χ0) is 14.0. The van der Waals surface area contributed by atoms with Crippen LogP contribution in [0.15, 0.2) is 23.2 Å². The Kier molecular flexibility index (Phi) is 4.04. The second kappa shape index (κ2) is 5.41. The van der Waals surface area contributed by atoms with Gasteiger partial charge in [0.15, 0.2) is 0 Å². The predicted octanol–water partition coefficient (Wildman–Crippen LogP) is 3.18. The van der Waals surface area contributed by atoms with Crippen molar-refractivity contribution in [2.45, 2.75) is 49.4 Å². The average Bonchev–Trinajstić information content (AvgIpc) is 2.60. The molecule has 0 radical (unpaired) electrons. The Hall–Kier alpha value is -1.23. The molecule has 1 amide bonds. The fourth-order valence-corrected chi connectivity index (χ4v) is 3.33. The summed E-state index contributed by atoms with van der Waals surface area (Å²) < 4.78 is 5.24. The van der Waals surface area contributed by atoms with Gasteiger partial charge in [-0.2, -0.15) is 0 Å². The summed E-state index contributed by atoms with van der Waals surface area (Å²) in [6.45, 7) is 8.30. The zero-order valence-corrected chi connectivity index (χ0v) is 12.6. The van der Waals surface area contributed by atoms with Gasteiger partial charge in [0.1, 0.15) is 5.60 Å². The van der Waals surface area contributed by atoms with Gasteiger partial charge in [-0.15, -0.1) is 11.8 Å². The summed E-state index contributed by atoms with van der Waals surface area (Å²) >= 11 is 1.81. The molecule has 104 valence electrons. The molecule has 4 nitrogen and oxygen atoms in total. The third-order valence-corrected chi connectivity index (χ3v) is 4.20. The summed E-state index contributed by atoms with van der Waals surface area (Å²) in [4.78, 5) is 17.3. The molecule has 0 spiro atoms. The van der Waals surface area contributed by atoms with E-state index >= 15 is 0 Å². The Morgan fingerprint density at radius 3 is 2.95 bits per heavy atom. The van der Waals surface area contributed by atoms with Crippen molar-refractivity contribution in [3.8, 4) is 0 Å². The first-order valence-electron chi connectivity index (χ1n) is 6.45. The fourth-order valence-electron chi connectivity index (χ4n) is 2.06. The highest BCUT2D eigenvalue weighted by molar-refractivity contribution is 8.00. The predicted molar refractivity (Wildman–Crippen MR) is 76.5 cm³/mol. The third kappa shape index (κ3) is 3.62. The summed E-state index contributed by atoms with van der Waals surface area (Å²) in [7, 11) is 0. The molecule has 0 fully saturated rings. The van der Waals surface area contributed by atoms with Crippen LogP contribution in [0.3, 0.4) is 0 Å². The summed E-state index contributed by atoms with van der Waals surface area (Å²) in [6, 6.07) is 4.03. The molecular weight excluding hydrogens is 260 g/mol. The molecule has 19 heavy (non-hydrogen) atoms. The monoisotopic (exact) mass is 280 g/mol. The van der Waals surface area contributed by atoms with E-state index in [2.05, 4.69) is 23.3 Å². The quantitative estimate of drug-likeness (QED) is 0.904. The van der Waals surface area contributed by atoms with Crippen LogP contribution in [-0.4, -0.2) is 28.5 Å². The maximum Gasteiger partial charge on any atom is 0.407 e. The molecule has 2 atom stereocenters. The molecule has 1 aliphatic heterocycles. The van der Waals surface area contributed by atoms with E-state index in [-0.39, 0.29) is 12.0 Å². The largest absolute Gasteiger partial charge is 0.444 e. The van der Waals surface area contributed by atoms with Crippen LogP contribution < -0.4 is 5.32 Å². The van der Waals surface area contributed by atoms with Gasteiger partial charge in [-0.05, 0) is 32.9 Å². The maximum absolute atomic E-state index is 11.7. The lowest BCUT2D eigenvalue weighted by Crippen LogP contribution is -2.35. The number of alkyl carbamates (subject to hydrolysis) is 1. The number of thioether (sulfide) groups is 1. The molecule has 5 heteroatoms. The van der Waals surface area contributed by atoms with Crippen molar-refractivity contribution >= 4 is 17.9 Å². The highest BCUT2D eigenvalue weighted by Gasteiger charge is 2.31. The SMILES string of the molecule is C[C@H]1Sc2cccnc2[C@@H]1CNC(=O)OC(C)(C)C. The molecule has 1 N–H and O–H groups in total. The number of hydrogen-bond acceptors (Lipinski definition) is 4. The topological polar surface area (TPSA) is 51.2 Å². The molecule has 0 saturated heterocycles. The van der Waals surface area contributed by atoms with E-state index in [1.54, 1.807) is 6.20 Å². The molecule has 0 bridgehead atoms. The Labute approximate surface area is 118 Å². The number of carbonyl (C=O) groups is 1. The number of pyridine rings is 1. The van der Waals surface area contributed by atoms with Gasteiger partial charge in [-0.1, -0.05) is 6.92 Å². The number of rotatable bonds is 2. The lowest BCUT2D eigenvalue weighted by molar-refractivity contribution is 0.0524. The van der Waals surface area contributed by atoms with Gasteiger partial charge in [0.25, 0.3) is 0 Å². The summed E-state index contributed by atoms with van der Waals surface area (Å²) in [5.41, 5.74) is 0.618. The molecule has 1 aromatic rings. The average molecular weight is 280 g/mol. The second-order valence-electron chi connectivity index (χ2n) is 5.70. The number of fused-ring (bicyclic) bond motifs is 1. The number of hydrogen-bond donors (Lipinski definition) is 1. The second-order valence-corrected chi connectivity index (χ2v) is 7.12. The molecule has 1 aliphatic rings. The standard InChI is InChI=1S/C14H20N2O2S/c1-9-10(8-16-13(17)18-14(2,3)4)12-11(19-9)6-5-7-15-12/h5-7,9-10H,8H2,1-4H3,(H,16,17)/t9-,10-/m1/s1. The molecule has 0 saturated carbocycles. The van der Waals surface area contributed by atoms with Gasteiger partial charge in [0.05, 0.1) is 5.69 Å². The van der Waals surface area contributed by atoms with Crippen molar-refractivity contribution in [2.24, 2.45) is 0 Å². The van der Waals surface area contributed by atoms with E-state index in [1.165, 1.54) is 4.90 Å². The minimum atomic E-state index is -0.462. The highest BCUT2D eigenvalue weighted by Crippen LogP contribution is 2.43. The van der Waals surface area contributed by atoms with Crippen LogP contribution in [0.1, 0.15) is 39.3 Å². The van der Waals surface area contributed by atoms with Crippen LogP contribution in [0.4, 0.5) is 4.79 Å². The van der Waals surface area contributed by atoms with Crippen molar-refractivity contribution < 1.29 is 9.53 Å². The smallest absolute Gasteiger partial charge is 0.407 e. The Balaban J connectivity index is 1.95. The number of amides is 1. The first kappa shape index (κ1) is 14.2. The molecule has 0 unspecified atom stereocenters. The van der Waals surface area contributed by atoms with Crippen molar-refractivity contribution in [3.63, 3.8) is 0 Å². The Morgan fingerprint density at radius 1 is 1.53 bits per heavy atom. The van der Waals surface area contributed by atoms with E-state index in [9.17, 15) is 4.79 Å². The normalized spacial score (nSPS) is 21.9. The lowest BCUT2D eigenvalue weighted by Gasteiger charge is -2.21. The summed E-state index contributed by atoms with van der Waals surface area (Å²) in [5.74, 6) is 0.244. The number of ether oxygens (including phenoxy) is 1. The van der Waals surface area contributed by atoms with Gasteiger partial charge >= 0.3 is 6.09 Å². The number of aromatic nitrogens is 1. The molecule has 2 rings (SSSR count). The number of nitrogens with one attached hydrogen (secondary N) is 1. The molecule has 1 aromatic heterocycles. The minimum Gasteiger partial charge on any atom is -0.444 e. The Morgan fingerprint density at radius 2 is 2.26 bits per heavy atom. The third-order valence-electron chi connectivity index (χ3n) is 2.90. The van der Waals surface area contributed by atoms with Gasteiger partial charge in [-0.25, -0.2) is 4.79 Å². The van der Waals surface area contributed by atoms with E-state index in [0.717, 1.165) is 5.69 Å². The summed E-state index contributed by atoms with van der Waals surface area (Å²) in [5, 5.41) is 3.25. The van der Waals surface area contributed by atoms with Crippen LogP contribution in [0, 0.1) is 0 Å². The lowest BCUT2D eigenvalue weighted by atomic mass is 10.0. The van der Waals surface area contributed by atoms with E-state index in [1.807, 2.05) is 38.6 Å². The molecular formula is C14H20N2O2S. The van der Waals surface area contributed by atoms with Crippen molar-refractivity contribution in [1.82, 2.24) is 10.3 Å². The van der Waals surface area contributed by atoms with Gasteiger partial charge in [0.2, 0.25) is 0 Å². The van der Waals surface area contributed by atoms with Crippen LogP contribution in [0.5, 0.6) is 0 Å². The van der Waals surface area contributed by atoms with Crippen molar-refractivity contribution in [2.75, 3.05) is 6.54 Å². The maximum atomic E-state index is 11.7. The fraction of sp³-hybridized carbons (Fsp3) is 0.571. The van der Waals surface area contributed by atoms with Crippen molar-refractivity contribution in [1.29, 1.82) is 0 Å². The van der Waals surface area contributed by atoms with Crippen LogP contribution in [0.2, 0.25) is 0 Å². The molecule has 2 heterocycles. The summed E-state index contributed by atoms with van der Waals surface area (Å²) in [6.07, 6.45) is 1.44. The number of carbonyl (C=O) groups excluding carboxylic acids is 1. The van der Waals surface area contributed by atoms with Gasteiger partial charge < -0.3 is 10.1 Å². The van der Waals surface area contributed by atoms with Crippen LogP contribution in [-0.2, 0) is 4.74 Å². The number of nitrogens with zero attached hydrogens (tertiary/aromatic N) is 1. The minimum absolute atomic E-state index is 0.244. The van der Waals surface area contributed by atoms with Crippen LogP contribution >= 0.6 is 11.8 Å². The molecule has 0 aromatic carbocycles. The van der Waals surface area contributed by atoms with Gasteiger partial charge in [0, 0.05) is 28.8 Å². The highest BCUT2D eigenvalue weighted by atomic mass is 32.2. The van der Waals surface area contributed by atoms with E-state index in [0.29, 0.717) is 11.8 Å². The first-order chi connectivity index (χ1) is 8.87. The Bertz CT molecular complexity index is 471.